The predicted molar refractivity (Wildman–Crippen MR) is 58.3 cm³/mol. The second-order valence-electron chi connectivity index (χ2n) is 2.82. The zero-order valence-electron chi connectivity index (χ0n) is 8.60. The molecule has 1 rings (SSSR count). The molecule has 0 radical (unpaired) electrons. The quantitative estimate of drug-likeness (QED) is 0.739. The van der Waals surface area contributed by atoms with E-state index in [0.717, 1.165) is 4.88 Å². The monoisotopic (exact) mass is 215 g/mol. The van der Waals surface area contributed by atoms with E-state index >= 15 is 0 Å². The molecule has 14 heavy (non-hydrogen) atoms. The fourth-order valence-corrected chi connectivity index (χ4v) is 1.94. The van der Waals surface area contributed by atoms with Gasteiger partial charge in [0.2, 0.25) is 0 Å². The molecule has 1 atom stereocenters. The van der Waals surface area contributed by atoms with Crippen molar-refractivity contribution in [3.8, 4) is 0 Å². The van der Waals surface area contributed by atoms with Crippen LogP contribution in [-0.4, -0.2) is 19.5 Å². The Morgan fingerprint density at radius 1 is 1.36 bits per heavy atom. The van der Waals surface area contributed by atoms with Gasteiger partial charge in [0.05, 0.1) is 6.04 Å². The summed E-state index contributed by atoms with van der Waals surface area (Å²) >= 11 is 1.63. The van der Waals surface area contributed by atoms with Crippen molar-refractivity contribution in [2.45, 2.75) is 26.2 Å². The molecule has 0 aliphatic carbocycles. The molecular weight excluding hydrogens is 198 g/mol. The summed E-state index contributed by atoms with van der Waals surface area (Å²) < 4.78 is 10.9. The van der Waals surface area contributed by atoms with Crippen molar-refractivity contribution in [2.75, 3.05) is 13.2 Å². The van der Waals surface area contributed by atoms with Crippen LogP contribution in [0.5, 0.6) is 0 Å². The minimum Gasteiger partial charge on any atom is -0.351 e. The summed E-state index contributed by atoms with van der Waals surface area (Å²) in [6, 6.07) is 3.80. The first-order valence-corrected chi connectivity index (χ1v) is 5.69. The normalized spacial score (nSPS) is 13.4. The summed E-state index contributed by atoms with van der Waals surface area (Å²) in [7, 11) is 0. The molecular formula is C10H17NO2S. The van der Waals surface area contributed by atoms with Gasteiger partial charge in [0.25, 0.3) is 0 Å². The molecule has 0 spiro atoms. The maximum absolute atomic E-state index is 6.02. The Morgan fingerprint density at radius 2 is 2.00 bits per heavy atom. The highest BCUT2D eigenvalue weighted by Crippen LogP contribution is 2.22. The first kappa shape index (κ1) is 11.7. The van der Waals surface area contributed by atoms with Crippen molar-refractivity contribution in [1.82, 2.24) is 0 Å². The van der Waals surface area contributed by atoms with E-state index in [0.29, 0.717) is 13.2 Å². The molecule has 80 valence electrons. The van der Waals surface area contributed by atoms with Crippen molar-refractivity contribution in [3.63, 3.8) is 0 Å². The summed E-state index contributed by atoms with van der Waals surface area (Å²) in [6.45, 7) is 5.10. The number of ether oxygens (including phenoxy) is 2. The van der Waals surface area contributed by atoms with E-state index in [4.69, 9.17) is 15.2 Å². The van der Waals surface area contributed by atoms with Gasteiger partial charge in [-0.2, -0.15) is 0 Å². The molecule has 1 aromatic rings. The molecule has 0 saturated heterocycles. The molecule has 0 aliphatic rings. The zero-order chi connectivity index (χ0) is 10.4. The van der Waals surface area contributed by atoms with Gasteiger partial charge in [0.15, 0.2) is 6.29 Å². The average Bonchev–Trinajstić information content (AvgIpc) is 2.69. The molecule has 0 amide bonds. The fourth-order valence-electron chi connectivity index (χ4n) is 1.20. The number of thiophene rings is 1. The molecule has 0 aliphatic heterocycles. The largest absolute Gasteiger partial charge is 0.351 e. The van der Waals surface area contributed by atoms with Gasteiger partial charge in [-0.25, -0.2) is 0 Å². The summed E-state index contributed by atoms with van der Waals surface area (Å²) in [5.41, 5.74) is 6.02. The first-order chi connectivity index (χ1) is 6.79. The van der Waals surface area contributed by atoms with E-state index in [-0.39, 0.29) is 12.3 Å². The Balaban J connectivity index is 2.58. The van der Waals surface area contributed by atoms with Crippen LogP contribution in [0.15, 0.2) is 17.5 Å². The van der Waals surface area contributed by atoms with Gasteiger partial charge in [-0.05, 0) is 25.3 Å². The van der Waals surface area contributed by atoms with Crippen LogP contribution in [0, 0.1) is 0 Å². The number of hydrogen-bond donors (Lipinski definition) is 1. The topological polar surface area (TPSA) is 44.5 Å². The molecule has 2 N–H and O–H groups in total. The van der Waals surface area contributed by atoms with Crippen molar-refractivity contribution in [1.29, 1.82) is 0 Å². The lowest BCUT2D eigenvalue weighted by Gasteiger charge is -2.22. The van der Waals surface area contributed by atoms with Gasteiger partial charge in [-0.15, -0.1) is 11.3 Å². The van der Waals surface area contributed by atoms with E-state index in [2.05, 4.69) is 0 Å². The number of rotatable bonds is 6. The van der Waals surface area contributed by atoms with Crippen molar-refractivity contribution >= 4 is 11.3 Å². The van der Waals surface area contributed by atoms with Crippen LogP contribution >= 0.6 is 11.3 Å². The lowest BCUT2D eigenvalue weighted by atomic mass is 10.2. The average molecular weight is 215 g/mol. The number of hydrogen-bond acceptors (Lipinski definition) is 4. The Morgan fingerprint density at radius 3 is 2.43 bits per heavy atom. The Labute approximate surface area is 88.8 Å². The highest BCUT2D eigenvalue weighted by atomic mass is 32.1. The van der Waals surface area contributed by atoms with Crippen LogP contribution in [0.1, 0.15) is 24.8 Å². The Kier molecular flexibility index (Phi) is 5.11. The smallest absolute Gasteiger partial charge is 0.177 e. The molecule has 0 bridgehead atoms. The minimum atomic E-state index is -0.330. The third-order valence-electron chi connectivity index (χ3n) is 1.83. The zero-order valence-corrected chi connectivity index (χ0v) is 9.42. The summed E-state index contributed by atoms with van der Waals surface area (Å²) in [5.74, 6) is 0. The van der Waals surface area contributed by atoms with Crippen molar-refractivity contribution in [3.05, 3.63) is 22.4 Å². The van der Waals surface area contributed by atoms with Gasteiger partial charge >= 0.3 is 0 Å². The molecule has 1 unspecified atom stereocenters. The third-order valence-corrected chi connectivity index (χ3v) is 2.80. The molecule has 3 nitrogen and oxygen atoms in total. The second-order valence-corrected chi connectivity index (χ2v) is 3.80. The molecule has 1 heterocycles. The van der Waals surface area contributed by atoms with Crippen LogP contribution in [0.4, 0.5) is 0 Å². The predicted octanol–water partition coefficient (Wildman–Crippen LogP) is 2.15. The van der Waals surface area contributed by atoms with E-state index < -0.39 is 0 Å². The maximum atomic E-state index is 6.02. The van der Waals surface area contributed by atoms with Crippen molar-refractivity contribution < 1.29 is 9.47 Å². The SMILES string of the molecule is CCOC(OCC)C(N)c1cccs1. The second kappa shape index (κ2) is 6.14. The van der Waals surface area contributed by atoms with E-state index in [1.807, 2.05) is 31.4 Å². The standard InChI is InChI=1S/C10H17NO2S/c1-3-12-10(13-4-2)9(11)8-6-5-7-14-8/h5-7,9-10H,3-4,11H2,1-2H3. The molecule has 0 saturated carbocycles. The van der Waals surface area contributed by atoms with E-state index in [1.54, 1.807) is 11.3 Å². The Hall–Kier alpha value is -0.420. The maximum Gasteiger partial charge on any atom is 0.177 e. The number of nitrogens with two attached hydrogens (primary N) is 1. The molecule has 1 aromatic heterocycles. The van der Waals surface area contributed by atoms with Crippen LogP contribution in [0.2, 0.25) is 0 Å². The fraction of sp³-hybridized carbons (Fsp3) is 0.600. The molecule has 0 aromatic carbocycles. The third kappa shape index (κ3) is 3.06. The van der Waals surface area contributed by atoms with E-state index in [1.165, 1.54) is 0 Å². The van der Waals surface area contributed by atoms with Gasteiger partial charge in [0, 0.05) is 18.1 Å². The van der Waals surface area contributed by atoms with Crippen LogP contribution in [-0.2, 0) is 9.47 Å². The van der Waals surface area contributed by atoms with Crippen LogP contribution in [0.3, 0.4) is 0 Å². The first-order valence-electron chi connectivity index (χ1n) is 4.81. The highest BCUT2D eigenvalue weighted by Gasteiger charge is 2.20. The lowest BCUT2D eigenvalue weighted by Crippen LogP contribution is -2.31. The lowest BCUT2D eigenvalue weighted by molar-refractivity contribution is -0.148. The Bertz CT molecular complexity index is 232. The van der Waals surface area contributed by atoms with Gasteiger partial charge < -0.3 is 15.2 Å². The minimum absolute atomic E-state index is 0.185. The van der Waals surface area contributed by atoms with Crippen molar-refractivity contribution in [2.24, 2.45) is 5.73 Å². The van der Waals surface area contributed by atoms with Gasteiger partial charge in [-0.3, -0.25) is 0 Å². The van der Waals surface area contributed by atoms with E-state index in [9.17, 15) is 0 Å². The summed E-state index contributed by atoms with van der Waals surface area (Å²) in [5, 5.41) is 2.00. The summed E-state index contributed by atoms with van der Waals surface area (Å²) in [6.07, 6.45) is -0.330. The van der Waals surface area contributed by atoms with Gasteiger partial charge in [0.1, 0.15) is 0 Å². The van der Waals surface area contributed by atoms with Gasteiger partial charge in [-0.1, -0.05) is 6.07 Å². The summed E-state index contributed by atoms with van der Waals surface area (Å²) in [4.78, 5) is 1.09. The highest BCUT2D eigenvalue weighted by molar-refractivity contribution is 7.10. The van der Waals surface area contributed by atoms with Crippen LogP contribution in [0.25, 0.3) is 0 Å². The molecule has 0 fully saturated rings. The van der Waals surface area contributed by atoms with Crippen LogP contribution < -0.4 is 5.73 Å². The molecule has 4 heteroatoms.